The highest BCUT2D eigenvalue weighted by atomic mass is 16.5. The third kappa shape index (κ3) is 3.73. The highest BCUT2D eigenvalue weighted by molar-refractivity contribution is 5.93. The van der Waals surface area contributed by atoms with Gasteiger partial charge in [-0.05, 0) is 17.7 Å². The lowest BCUT2D eigenvalue weighted by Gasteiger charge is -2.27. The van der Waals surface area contributed by atoms with E-state index in [0.29, 0.717) is 39.7 Å². The van der Waals surface area contributed by atoms with Crippen molar-refractivity contribution < 1.29 is 33.3 Å². The minimum atomic E-state index is -0.572. The molecule has 0 amide bonds. The van der Waals surface area contributed by atoms with Gasteiger partial charge in [0.05, 0.1) is 27.8 Å². The topological polar surface area (TPSA) is 104 Å². The maximum Gasteiger partial charge on any atom is 0.312 e. The number of methoxy groups -OCH3 is 3. The van der Waals surface area contributed by atoms with Gasteiger partial charge in [0.25, 0.3) is 0 Å². The number of carbonyl (C=O) groups is 1. The van der Waals surface area contributed by atoms with Gasteiger partial charge in [0.1, 0.15) is 28.2 Å². The van der Waals surface area contributed by atoms with Crippen LogP contribution in [0.1, 0.15) is 23.5 Å². The third-order valence-corrected chi connectivity index (χ3v) is 6.07. The van der Waals surface area contributed by atoms with Gasteiger partial charge in [-0.1, -0.05) is 30.3 Å². The van der Waals surface area contributed by atoms with E-state index in [4.69, 9.17) is 23.4 Å². The van der Waals surface area contributed by atoms with Gasteiger partial charge < -0.3 is 28.5 Å². The molecule has 0 bridgehead atoms. The number of benzene rings is 3. The molecule has 5 rings (SSSR count). The maximum absolute atomic E-state index is 13.1. The fourth-order valence-electron chi connectivity index (χ4n) is 4.49. The van der Waals surface area contributed by atoms with E-state index in [1.807, 2.05) is 30.3 Å². The first-order valence-corrected chi connectivity index (χ1v) is 10.8. The van der Waals surface area contributed by atoms with E-state index in [9.17, 15) is 14.7 Å². The first kappa shape index (κ1) is 22.3. The summed E-state index contributed by atoms with van der Waals surface area (Å²) in [7, 11) is 4.51. The molecular weight excluding hydrogens is 452 g/mol. The van der Waals surface area contributed by atoms with Crippen molar-refractivity contribution in [2.75, 3.05) is 21.3 Å². The lowest BCUT2D eigenvalue weighted by atomic mass is 9.84. The Morgan fingerprint density at radius 2 is 1.60 bits per heavy atom. The van der Waals surface area contributed by atoms with Crippen LogP contribution in [0.5, 0.6) is 28.7 Å². The number of fused-ring (bicyclic) bond motifs is 3. The Hall–Kier alpha value is -4.46. The summed E-state index contributed by atoms with van der Waals surface area (Å²) in [6.45, 7) is 0. The molecule has 0 aliphatic carbocycles. The van der Waals surface area contributed by atoms with E-state index in [2.05, 4.69) is 0 Å². The normalized spacial score (nSPS) is 14.8. The molecule has 1 atom stereocenters. The van der Waals surface area contributed by atoms with Crippen LogP contribution < -0.4 is 24.4 Å². The molecular formula is C27H22O8. The second-order valence-electron chi connectivity index (χ2n) is 8.04. The number of hydrogen-bond donors (Lipinski definition) is 1. The van der Waals surface area contributed by atoms with E-state index < -0.39 is 17.3 Å². The second-order valence-corrected chi connectivity index (χ2v) is 8.04. The number of esters is 1. The fourth-order valence-corrected chi connectivity index (χ4v) is 4.49. The summed E-state index contributed by atoms with van der Waals surface area (Å²) >= 11 is 0. The Kier molecular flexibility index (Phi) is 5.56. The first-order chi connectivity index (χ1) is 16.9. The van der Waals surface area contributed by atoms with E-state index in [0.717, 1.165) is 0 Å². The van der Waals surface area contributed by atoms with Crippen LogP contribution in [0.3, 0.4) is 0 Å². The van der Waals surface area contributed by atoms with Crippen molar-refractivity contribution in [2.45, 2.75) is 12.3 Å². The van der Waals surface area contributed by atoms with Gasteiger partial charge in [-0.15, -0.1) is 0 Å². The average molecular weight is 474 g/mol. The predicted molar refractivity (Wildman–Crippen MR) is 128 cm³/mol. The third-order valence-electron chi connectivity index (χ3n) is 6.07. The van der Waals surface area contributed by atoms with Crippen molar-refractivity contribution in [3.05, 3.63) is 75.9 Å². The number of rotatable bonds is 5. The molecule has 4 aromatic rings. The van der Waals surface area contributed by atoms with Crippen LogP contribution in [-0.4, -0.2) is 32.4 Å². The van der Waals surface area contributed by atoms with Crippen LogP contribution >= 0.6 is 0 Å². The smallest absolute Gasteiger partial charge is 0.312 e. The zero-order chi connectivity index (χ0) is 24.7. The maximum atomic E-state index is 13.1. The number of hydrogen-bond acceptors (Lipinski definition) is 8. The number of phenols is 1. The molecule has 1 aromatic heterocycles. The molecule has 0 fully saturated rings. The van der Waals surface area contributed by atoms with Crippen molar-refractivity contribution in [3.63, 3.8) is 0 Å². The Morgan fingerprint density at radius 1 is 0.914 bits per heavy atom. The molecule has 0 saturated heterocycles. The SMILES string of the molecule is COc1cc(C2CC(=O)Oc3cc(O)c4c(=O)cc(-c5ccccc5)oc4c32)cc(OC)c1OC. The summed E-state index contributed by atoms with van der Waals surface area (Å²) in [5.41, 5.74) is 1.57. The number of carbonyl (C=O) groups excluding carboxylic acids is 1. The molecule has 1 aliphatic rings. The van der Waals surface area contributed by atoms with Gasteiger partial charge in [0.15, 0.2) is 16.9 Å². The minimum absolute atomic E-state index is 0.0128. The lowest BCUT2D eigenvalue weighted by Crippen LogP contribution is -2.22. The van der Waals surface area contributed by atoms with Crippen molar-refractivity contribution in [3.8, 4) is 40.1 Å². The molecule has 8 nitrogen and oxygen atoms in total. The van der Waals surface area contributed by atoms with Crippen LogP contribution in [0.15, 0.2) is 63.8 Å². The summed E-state index contributed by atoms with van der Waals surface area (Å²) < 4.78 is 28.1. The zero-order valence-corrected chi connectivity index (χ0v) is 19.3. The molecule has 0 spiro atoms. The molecule has 1 aliphatic heterocycles. The van der Waals surface area contributed by atoms with Crippen LogP contribution in [-0.2, 0) is 4.79 Å². The van der Waals surface area contributed by atoms with E-state index in [1.165, 1.54) is 33.5 Å². The molecule has 3 aromatic carbocycles. The minimum Gasteiger partial charge on any atom is -0.507 e. The van der Waals surface area contributed by atoms with Gasteiger partial charge >= 0.3 is 5.97 Å². The van der Waals surface area contributed by atoms with Crippen molar-refractivity contribution in [2.24, 2.45) is 0 Å². The number of phenolic OH excluding ortho intramolecular Hbond substituents is 1. The monoisotopic (exact) mass is 474 g/mol. The Morgan fingerprint density at radius 3 is 2.23 bits per heavy atom. The van der Waals surface area contributed by atoms with Crippen molar-refractivity contribution in [1.29, 1.82) is 0 Å². The lowest BCUT2D eigenvalue weighted by molar-refractivity contribution is -0.135. The van der Waals surface area contributed by atoms with Gasteiger partial charge in [-0.3, -0.25) is 9.59 Å². The van der Waals surface area contributed by atoms with E-state index in [-0.39, 0.29) is 28.9 Å². The van der Waals surface area contributed by atoms with Crippen LogP contribution in [0.4, 0.5) is 0 Å². The van der Waals surface area contributed by atoms with Crippen molar-refractivity contribution >= 4 is 16.9 Å². The highest BCUT2D eigenvalue weighted by Crippen LogP contribution is 2.49. The van der Waals surface area contributed by atoms with Gasteiger partial charge in [-0.25, -0.2) is 0 Å². The summed E-state index contributed by atoms with van der Waals surface area (Å²) in [6, 6.07) is 15.3. The average Bonchev–Trinajstić information content (AvgIpc) is 2.87. The Labute approximate surface area is 200 Å². The predicted octanol–water partition coefficient (Wildman–Crippen LogP) is 4.63. The van der Waals surface area contributed by atoms with Gasteiger partial charge in [-0.2, -0.15) is 0 Å². The molecule has 0 radical (unpaired) electrons. The van der Waals surface area contributed by atoms with Crippen molar-refractivity contribution in [1.82, 2.24) is 0 Å². The standard InChI is InChI=1S/C27H22O8/c1-31-21-9-15(10-22(32-2)26(21)33-3)16-11-23(30)34-20-13-18(29)25-17(28)12-19(35-27(25)24(16)20)14-7-5-4-6-8-14/h4-10,12-13,16,29H,11H2,1-3H3. The molecule has 2 heterocycles. The Balaban J connectivity index is 1.82. The van der Waals surface area contributed by atoms with Crippen LogP contribution in [0.25, 0.3) is 22.3 Å². The first-order valence-electron chi connectivity index (χ1n) is 10.8. The van der Waals surface area contributed by atoms with Gasteiger partial charge in [0.2, 0.25) is 5.75 Å². The largest absolute Gasteiger partial charge is 0.507 e. The van der Waals surface area contributed by atoms with E-state index in [1.54, 1.807) is 12.1 Å². The zero-order valence-electron chi connectivity index (χ0n) is 19.3. The summed E-state index contributed by atoms with van der Waals surface area (Å²) in [5, 5.41) is 10.7. The molecule has 8 heteroatoms. The number of aromatic hydroxyl groups is 1. The molecule has 35 heavy (non-hydrogen) atoms. The summed E-state index contributed by atoms with van der Waals surface area (Å²) in [4.78, 5) is 25.6. The van der Waals surface area contributed by atoms with Gasteiger partial charge in [0, 0.05) is 29.2 Å². The van der Waals surface area contributed by atoms with E-state index >= 15 is 0 Å². The summed E-state index contributed by atoms with van der Waals surface area (Å²) in [6.07, 6.45) is -0.0230. The van der Waals surface area contributed by atoms with Crippen LogP contribution in [0, 0.1) is 0 Å². The fraction of sp³-hybridized carbons (Fsp3) is 0.185. The quantitative estimate of drug-likeness (QED) is 0.330. The molecule has 1 N–H and O–H groups in total. The Bertz CT molecular complexity index is 1480. The number of ether oxygens (including phenoxy) is 4. The highest BCUT2D eigenvalue weighted by Gasteiger charge is 2.34. The second kappa shape index (κ2) is 8.72. The molecule has 178 valence electrons. The van der Waals surface area contributed by atoms with Crippen LogP contribution in [0.2, 0.25) is 0 Å². The summed E-state index contributed by atoms with van der Waals surface area (Å²) in [5.74, 6) is 0.300. The molecule has 0 saturated carbocycles. The molecule has 1 unspecified atom stereocenters.